The quantitative estimate of drug-likeness (QED) is 0.809. The SMILES string of the molecule is Cc1ccc(NC(=O)CN(CCN)Cc2ccccc2)c(C)c1.Cl. The second-order valence-electron chi connectivity index (χ2n) is 5.85. The number of aryl methyl sites for hydroxylation is 2. The number of hydrogen-bond donors (Lipinski definition) is 2. The molecule has 0 saturated heterocycles. The monoisotopic (exact) mass is 347 g/mol. The van der Waals surface area contributed by atoms with E-state index in [1.807, 2.05) is 44.2 Å². The van der Waals surface area contributed by atoms with Crippen LogP contribution in [-0.4, -0.2) is 30.4 Å². The summed E-state index contributed by atoms with van der Waals surface area (Å²) in [6, 6.07) is 16.1. The normalized spacial score (nSPS) is 10.3. The summed E-state index contributed by atoms with van der Waals surface area (Å²) in [7, 11) is 0. The zero-order chi connectivity index (χ0) is 16.7. The fraction of sp³-hybridized carbons (Fsp3) is 0.316. The molecular weight excluding hydrogens is 322 g/mol. The third kappa shape index (κ3) is 6.32. The third-order valence-electron chi connectivity index (χ3n) is 3.72. The van der Waals surface area contributed by atoms with E-state index in [9.17, 15) is 4.79 Å². The first-order valence-electron chi connectivity index (χ1n) is 7.92. The molecule has 0 heterocycles. The van der Waals surface area contributed by atoms with Crippen molar-refractivity contribution in [1.82, 2.24) is 4.90 Å². The van der Waals surface area contributed by atoms with Crippen LogP contribution in [-0.2, 0) is 11.3 Å². The first-order chi connectivity index (χ1) is 11.1. The van der Waals surface area contributed by atoms with Crippen LogP contribution in [0.1, 0.15) is 16.7 Å². The predicted octanol–water partition coefficient (Wildman–Crippen LogP) is 3.12. The molecule has 1 amide bonds. The van der Waals surface area contributed by atoms with E-state index in [2.05, 4.69) is 28.4 Å². The van der Waals surface area contributed by atoms with Gasteiger partial charge in [0.25, 0.3) is 0 Å². The molecule has 0 spiro atoms. The zero-order valence-corrected chi connectivity index (χ0v) is 15.1. The van der Waals surface area contributed by atoms with E-state index >= 15 is 0 Å². The summed E-state index contributed by atoms with van der Waals surface area (Å²) in [4.78, 5) is 14.4. The molecule has 0 bridgehead atoms. The number of nitrogens with one attached hydrogen (secondary N) is 1. The number of anilines is 1. The molecule has 5 heteroatoms. The number of carbonyl (C=O) groups is 1. The van der Waals surface area contributed by atoms with Crippen molar-refractivity contribution in [2.45, 2.75) is 20.4 Å². The first kappa shape index (κ1) is 20.2. The predicted molar refractivity (Wildman–Crippen MR) is 103 cm³/mol. The lowest BCUT2D eigenvalue weighted by atomic mass is 10.1. The minimum absolute atomic E-state index is 0. The average molecular weight is 348 g/mol. The lowest BCUT2D eigenvalue weighted by Gasteiger charge is -2.21. The third-order valence-corrected chi connectivity index (χ3v) is 3.72. The smallest absolute Gasteiger partial charge is 0.238 e. The van der Waals surface area contributed by atoms with Crippen molar-refractivity contribution >= 4 is 24.0 Å². The average Bonchev–Trinajstić information content (AvgIpc) is 2.51. The Bertz CT molecular complexity index is 646. The summed E-state index contributed by atoms with van der Waals surface area (Å²) < 4.78 is 0. The van der Waals surface area contributed by atoms with Crippen molar-refractivity contribution in [3.8, 4) is 0 Å². The zero-order valence-electron chi connectivity index (χ0n) is 14.3. The minimum atomic E-state index is -0.0127. The maximum atomic E-state index is 12.3. The van der Waals surface area contributed by atoms with Gasteiger partial charge in [-0.1, -0.05) is 48.0 Å². The van der Waals surface area contributed by atoms with E-state index in [0.29, 0.717) is 19.6 Å². The fourth-order valence-electron chi connectivity index (χ4n) is 2.58. The van der Waals surface area contributed by atoms with Gasteiger partial charge in [-0.3, -0.25) is 9.69 Å². The highest BCUT2D eigenvalue weighted by Gasteiger charge is 2.12. The number of nitrogens with zero attached hydrogens (tertiary/aromatic N) is 1. The Kier molecular flexibility index (Phi) is 8.47. The molecule has 0 radical (unpaired) electrons. The lowest BCUT2D eigenvalue weighted by molar-refractivity contribution is -0.117. The van der Waals surface area contributed by atoms with Crippen LogP contribution in [0.5, 0.6) is 0 Å². The van der Waals surface area contributed by atoms with E-state index in [1.165, 1.54) is 11.1 Å². The van der Waals surface area contributed by atoms with Crippen molar-refractivity contribution in [3.05, 3.63) is 65.2 Å². The molecule has 0 aromatic heterocycles. The van der Waals surface area contributed by atoms with Gasteiger partial charge in [-0.25, -0.2) is 0 Å². The molecule has 24 heavy (non-hydrogen) atoms. The van der Waals surface area contributed by atoms with Gasteiger partial charge in [0.05, 0.1) is 6.54 Å². The van der Waals surface area contributed by atoms with Crippen molar-refractivity contribution < 1.29 is 4.79 Å². The molecular formula is C19H26ClN3O. The Labute approximate surface area is 150 Å². The molecule has 0 aliphatic heterocycles. The molecule has 0 aliphatic rings. The van der Waals surface area contributed by atoms with Gasteiger partial charge < -0.3 is 11.1 Å². The molecule has 2 aromatic carbocycles. The van der Waals surface area contributed by atoms with Crippen molar-refractivity contribution in [2.75, 3.05) is 25.0 Å². The van der Waals surface area contributed by atoms with Gasteiger partial charge in [-0.15, -0.1) is 12.4 Å². The Morgan fingerprint density at radius 2 is 1.83 bits per heavy atom. The molecule has 2 rings (SSSR count). The summed E-state index contributed by atoms with van der Waals surface area (Å²) >= 11 is 0. The minimum Gasteiger partial charge on any atom is -0.329 e. The molecule has 3 N–H and O–H groups in total. The van der Waals surface area contributed by atoms with Crippen LogP contribution >= 0.6 is 12.4 Å². The van der Waals surface area contributed by atoms with Crippen molar-refractivity contribution in [3.63, 3.8) is 0 Å². The maximum absolute atomic E-state index is 12.3. The van der Waals surface area contributed by atoms with Gasteiger partial charge in [-0.2, -0.15) is 0 Å². The van der Waals surface area contributed by atoms with E-state index in [4.69, 9.17) is 5.73 Å². The van der Waals surface area contributed by atoms with Crippen LogP contribution in [0.25, 0.3) is 0 Å². The Morgan fingerprint density at radius 1 is 1.12 bits per heavy atom. The topological polar surface area (TPSA) is 58.4 Å². The molecule has 4 nitrogen and oxygen atoms in total. The van der Waals surface area contributed by atoms with E-state index in [1.54, 1.807) is 0 Å². The van der Waals surface area contributed by atoms with Gasteiger partial charge in [-0.05, 0) is 31.0 Å². The summed E-state index contributed by atoms with van der Waals surface area (Å²) in [5.41, 5.74) is 9.99. The van der Waals surface area contributed by atoms with Crippen molar-refractivity contribution in [2.24, 2.45) is 5.73 Å². The summed E-state index contributed by atoms with van der Waals surface area (Å²) in [5.74, 6) is -0.0127. The second-order valence-corrected chi connectivity index (χ2v) is 5.85. The summed E-state index contributed by atoms with van der Waals surface area (Å²) in [5, 5.41) is 2.99. The van der Waals surface area contributed by atoms with E-state index in [-0.39, 0.29) is 18.3 Å². The van der Waals surface area contributed by atoms with Crippen LogP contribution in [0.3, 0.4) is 0 Å². The number of hydrogen-bond acceptors (Lipinski definition) is 3. The maximum Gasteiger partial charge on any atom is 0.238 e. The first-order valence-corrected chi connectivity index (χ1v) is 7.92. The standard InChI is InChI=1S/C19H25N3O.ClH/c1-15-8-9-18(16(2)12-15)21-19(23)14-22(11-10-20)13-17-6-4-3-5-7-17;/h3-9,12H,10-11,13-14,20H2,1-2H3,(H,21,23);1H. The Balaban J connectivity index is 0.00000288. The number of nitrogens with two attached hydrogens (primary N) is 1. The largest absolute Gasteiger partial charge is 0.329 e. The Hall–Kier alpha value is -1.88. The molecule has 0 atom stereocenters. The number of benzene rings is 2. The van der Waals surface area contributed by atoms with Crippen LogP contribution in [0.2, 0.25) is 0 Å². The number of amides is 1. The molecule has 0 aliphatic carbocycles. The molecule has 0 saturated carbocycles. The van der Waals surface area contributed by atoms with Crippen LogP contribution < -0.4 is 11.1 Å². The number of rotatable bonds is 7. The van der Waals surface area contributed by atoms with Crippen LogP contribution in [0.15, 0.2) is 48.5 Å². The van der Waals surface area contributed by atoms with Gasteiger partial charge in [0.1, 0.15) is 0 Å². The fourth-order valence-corrected chi connectivity index (χ4v) is 2.58. The van der Waals surface area contributed by atoms with Gasteiger partial charge >= 0.3 is 0 Å². The van der Waals surface area contributed by atoms with E-state index in [0.717, 1.165) is 17.8 Å². The van der Waals surface area contributed by atoms with Gasteiger partial charge in [0, 0.05) is 25.3 Å². The highest BCUT2D eigenvalue weighted by atomic mass is 35.5. The molecule has 130 valence electrons. The highest BCUT2D eigenvalue weighted by Crippen LogP contribution is 2.16. The molecule has 0 fully saturated rings. The van der Waals surface area contributed by atoms with Crippen LogP contribution in [0, 0.1) is 13.8 Å². The number of halogens is 1. The lowest BCUT2D eigenvalue weighted by Crippen LogP contribution is -2.36. The summed E-state index contributed by atoms with van der Waals surface area (Å²) in [6.45, 7) is 6.32. The second kappa shape index (κ2) is 10.1. The molecule has 0 unspecified atom stereocenters. The van der Waals surface area contributed by atoms with E-state index < -0.39 is 0 Å². The molecule has 2 aromatic rings. The summed E-state index contributed by atoms with van der Waals surface area (Å²) in [6.07, 6.45) is 0. The highest BCUT2D eigenvalue weighted by molar-refractivity contribution is 5.93. The van der Waals surface area contributed by atoms with Gasteiger partial charge in [0.15, 0.2) is 0 Å². The van der Waals surface area contributed by atoms with Crippen molar-refractivity contribution in [1.29, 1.82) is 0 Å². The number of carbonyl (C=O) groups excluding carboxylic acids is 1. The van der Waals surface area contributed by atoms with Crippen LogP contribution in [0.4, 0.5) is 5.69 Å². The Morgan fingerprint density at radius 3 is 2.46 bits per heavy atom. The van der Waals surface area contributed by atoms with Gasteiger partial charge in [0.2, 0.25) is 5.91 Å².